The molecule has 0 aliphatic carbocycles. The van der Waals surface area contributed by atoms with Crippen molar-refractivity contribution in [2.45, 2.75) is 30.7 Å². The summed E-state index contributed by atoms with van der Waals surface area (Å²) in [5, 5.41) is 0.652. The third-order valence-corrected chi connectivity index (χ3v) is 5.37. The summed E-state index contributed by atoms with van der Waals surface area (Å²) in [4.78, 5) is 22.5. The van der Waals surface area contributed by atoms with Gasteiger partial charge in [-0.25, -0.2) is 9.97 Å². The lowest BCUT2D eigenvalue weighted by Crippen LogP contribution is -2.41. The Hall–Kier alpha value is -2.28. The maximum Gasteiger partial charge on any atom is 0.222 e. The third-order valence-electron chi connectivity index (χ3n) is 4.48. The zero-order valence-corrected chi connectivity index (χ0v) is 15.1. The highest BCUT2D eigenvalue weighted by Gasteiger charge is 2.25. The molecule has 1 atom stereocenters. The number of rotatable bonds is 5. The summed E-state index contributed by atoms with van der Waals surface area (Å²) in [5.74, 6) is 1.62. The molecule has 132 valence electrons. The van der Waals surface area contributed by atoms with Crippen molar-refractivity contribution in [3.8, 4) is 0 Å². The van der Waals surface area contributed by atoms with Crippen LogP contribution in [0.1, 0.15) is 24.0 Å². The van der Waals surface area contributed by atoms with Crippen molar-refractivity contribution in [3.05, 3.63) is 41.5 Å². The Kier molecular flexibility index (Phi) is 5.43. The number of hydrogen-bond donors (Lipinski definition) is 2. The van der Waals surface area contributed by atoms with E-state index in [9.17, 15) is 4.79 Å². The van der Waals surface area contributed by atoms with E-state index in [0.717, 1.165) is 31.0 Å². The number of amides is 1. The Bertz CT molecular complexity index is 767. The van der Waals surface area contributed by atoms with Gasteiger partial charge in [-0.1, -0.05) is 36.0 Å². The zero-order valence-electron chi connectivity index (χ0n) is 14.3. The molecule has 0 radical (unpaired) electrons. The molecule has 1 aliphatic heterocycles. The van der Waals surface area contributed by atoms with Crippen LogP contribution in [0.5, 0.6) is 0 Å². The van der Waals surface area contributed by atoms with E-state index in [4.69, 9.17) is 11.5 Å². The van der Waals surface area contributed by atoms with E-state index in [1.807, 2.05) is 12.1 Å². The highest BCUT2D eigenvalue weighted by Crippen LogP contribution is 2.27. The number of aryl methyl sites for hydroxylation is 1. The number of piperidine rings is 1. The SMILES string of the molecule is Cc1ccccc1CSc1nc(N)cc(N2CCC[C@H](C(N)=O)C2)n1. The van der Waals surface area contributed by atoms with Crippen molar-refractivity contribution in [2.75, 3.05) is 23.7 Å². The molecule has 1 saturated heterocycles. The fourth-order valence-corrected chi connectivity index (χ4v) is 3.93. The molecule has 0 saturated carbocycles. The number of nitrogen functional groups attached to an aromatic ring is 1. The molecular weight excluding hydrogens is 334 g/mol. The van der Waals surface area contributed by atoms with Gasteiger partial charge < -0.3 is 16.4 Å². The average molecular weight is 357 g/mol. The van der Waals surface area contributed by atoms with Crippen molar-refractivity contribution in [3.63, 3.8) is 0 Å². The summed E-state index contributed by atoms with van der Waals surface area (Å²) >= 11 is 1.57. The first kappa shape index (κ1) is 17.5. The first-order valence-electron chi connectivity index (χ1n) is 8.39. The minimum atomic E-state index is -0.249. The molecule has 0 spiro atoms. The maximum absolute atomic E-state index is 11.5. The first-order valence-corrected chi connectivity index (χ1v) is 9.37. The molecule has 3 rings (SSSR count). The minimum Gasteiger partial charge on any atom is -0.383 e. The van der Waals surface area contributed by atoms with Crippen LogP contribution in [0.2, 0.25) is 0 Å². The second-order valence-electron chi connectivity index (χ2n) is 6.34. The summed E-state index contributed by atoms with van der Waals surface area (Å²) in [6.07, 6.45) is 1.75. The van der Waals surface area contributed by atoms with Crippen molar-refractivity contribution >= 4 is 29.3 Å². The van der Waals surface area contributed by atoms with Gasteiger partial charge in [0.1, 0.15) is 11.6 Å². The normalized spacial score (nSPS) is 17.5. The van der Waals surface area contributed by atoms with Crippen molar-refractivity contribution in [1.82, 2.24) is 9.97 Å². The number of benzene rings is 1. The van der Waals surface area contributed by atoms with Crippen LogP contribution >= 0.6 is 11.8 Å². The second-order valence-corrected chi connectivity index (χ2v) is 7.28. The van der Waals surface area contributed by atoms with Crippen LogP contribution in [-0.4, -0.2) is 29.0 Å². The van der Waals surface area contributed by atoms with Crippen LogP contribution in [0.4, 0.5) is 11.6 Å². The van der Waals surface area contributed by atoms with Crippen LogP contribution in [0.3, 0.4) is 0 Å². The Morgan fingerprint density at radius 1 is 1.36 bits per heavy atom. The smallest absolute Gasteiger partial charge is 0.222 e. The summed E-state index contributed by atoms with van der Waals surface area (Å²) in [6, 6.07) is 10.0. The molecule has 4 N–H and O–H groups in total. The molecule has 1 amide bonds. The van der Waals surface area contributed by atoms with Gasteiger partial charge >= 0.3 is 0 Å². The number of primary amides is 1. The number of carbonyl (C=O) groups excluding carboxylic acids is 1. The largest absolute Gasteiger partial charge is 0.383 e. The van der Waals surface area contributed by atoms with Gasteiger partial charge in [-0.05, 0) is 30.9 Å². The number of carbonyl (C=O) groups is 1. The highest BCUT2D eigenvalue weighted by atomic mass is 32.2. The molecule has 25 heavy (non-hydrogen) atoms. The van der Waals surface area contributed by atoms with Gasteiger partial charge in [0.05, 0.1) is 5.92 Å². The van der Waals surface area contributed by atoms with Gasteiger partial charge in [-0.15, -0.1) is 0 Å². The topological polar surface area (TPSA) is 98.1 Å². The van der Waals surface area contributed by atoms with Gasteiger partial charge in [0, 0.05) is 24.9 Å². The predicted octanol–water partition coefficient (Wildman–Crippen LogP) is 2.36. The van der Waals surface area contributed by atoms with Crippen LogP contribution < -0.4 is 16.4 Å². The molecule has 1 aromatic carbocycles. The van der Waals surface area contributed by atoms with E-state index >= 15 is 0 Å². The number of aromatic nitrogens is 2. The Morgan fingerprint density at radius 2 is 2.16 bits per heavy atom. The van der Waals surface area contributed by atoms with E-state index in [-0.39, 0.29) is 11.8 Å². The Labute approximate surface area is 152 Å². The predicted molar refractivity (Wildman–Crippen MR) is 101 cm³/mol. The summed E-state index contributed by atoms with van der Waals surface area (Å²) in [7, 11) is 0. The monoisotopic (exact) mass is 357 g/mol. The summed E-state index contributed by atoms with van der Waals surface area (Å²) in [5.41, 5.74) is 13.9. The van der Waals surface area contributed by atoms with E-state index in [1.165, 1.54) is 11.1 Å². The lowest BCUT2D eigenvalue weighted by atomic mass is 9.97. The van der Waals surface area contributed by atoms with E-state index in [1.54, 1.807) is 17.8 Å². The standard InChI is InChI=1S/C18H23N5OS/c1-12-5-2-3-6-14(12)11-25-18-21-15(19)9-16(22-18)23-8-4-7-13(10-23)17(20)24/h2-3,5-6,9,13H,4,7-8,10-11H2,1H3,(H2,20,24)(H2,19,21,22)/t13-/m0/s1. The lowest BCUT2D eigenvalue weighted by molar-refractivity contribution is -0.122. The molecule has 7 heteroatoms. The fraction of sp³-hybridized carbons (Fsp3) is 0.389. The van der Waals surface area contributed by atoms with Crippen molar-refractivity contribution in [1.29, 1.82) is 0 Å². The van der Waals surface area contributed by atoms with Crippen LogP contribution in [0.15, 0.2) is 35.5 Å². The number of hydrogen-bond acceptors (Lipinski definition) is 6. The van der Waals surface area contributed by atoms with Gasteiger partial charge in [0.15, 0.2) is 5.16 Å². The molecule has 2 heterocycles. The molecule has 1 aromatic heterocycles. The number of nitrogens with two attached hydrogens (primary N) is 2. The molecule has 1 aliphatic rings. The quantitative estimate of drug-likeness (QED) is 0.630. The molecule has 6 nitrogen and oxygen atoms in total. The summed E-state index contributed by atoms with van der Waals surface area (Å²) < 4.78 is 0. The maximum atomic E-state index is 11.5. The number of anilines is 2. The molecule has 1 fully saturated rings. The molecule has 0 bridgehead atoms. The second kappa shape index (κ2) is 7.74. The molecule has 2 aromatic rings. The van der Waals surface area contributed by atoms with Crippen molar-refractivity contribution < 1.29 is 4.79 Å². The van der Waals surface area contributed by atoms with Gasteiger partial charge in [-0.3, -0.25) is 4.79 Å². The van der Waals surface area contributed by atoms with Crippen LogP contribution in [0, 0.1) is 12.8 Å². The van der Waals surface area contributed by atoms with Crippen molar-refractivity contribution in [2.24, 2.45) is 11.7 Å². The molecular formula is C18H23N5OS. The van der Waals surface area contributed by atoms with E-state index in [2.05, 4.69) is 33.9 Å². The minimum absolute atomic E-state index is 0.131. The Morgan fingerprint density at radius 3 is 2.92 bits per heavy atom. The van der Waals surface area contributed by atoms with Crippen LogP contribution in [0.25, 0.3) is 0 Å². The molecule has 0 unspecified atom stereocenters. The number of thioether (sulfide) groups is 1. The zero-order chi connectivity index (χ0) is 17.8. The van der Waals surface area contributed by atoms with Gasteiger partial charge in [0.2, 0.25) is 5.91 Å². The Balaban J connectivity index is 1.74. The highest BCUT2D eigenvalue weighted by molar-refractivity contribution is 7.98. The van der Waals surface area contributed by atoms with Gasteiger partial charge in [0.25, 0.3) is 0 Å². The lowest BCUT2D eigenvalue weighted by Gasteiger charge is -2.32. The van der Waals surface area contributed by atoms with Crippen LogP contribution in [-0.2, 0) is 10.5 Å². The summed E-state index contributed by atoms with van der Waals surface area (Å²) in [6.45, 7) is 3.54. The van der Waals surface area contributed by atoms with Gasteiger partial charge in [-0.2, -0.15) is 0 Å². The third kappa shape index (κ3) is 4.42. The van der Waals surface area contributed by atoms with E-state index in [0.29, 0.717) is 17.5 Å². The number of nitrogens with zero attached hydrogens (tertiary/aromatic N) is 3. The van der Waals surface area contributed by atoms with E-state index < -0.39 is 0 Å². The fourth-order valence-electron chi connectivity index (χ4n) is 2.99. The average Bonchev–Trinajstić information content (AvgIpc) is 2.61. The first-order chi connectivity index (χ1) is 12.0.